The summed E-state index contributed by atoms with van der Waals surface area (Å²) in [4.78, 5) is 30.8. The summed E-state index contributed by atoms with van der Waals surface area (Å²) in [5.74, 6) is -1.08. The van der Waals surface area contributed by atoms with Crippen LogP contribution in [0.5, 0.6) is 0 Å². The topological polar surface area (TPSA) is 52.6 Å². The lowest BCUT2D eigenvalue weighted by Crippen LogP contribution is -2.10. The molecule has 0 rings (SSSR count). The Kier molecular flexibility index (Phi) is 13.2. The summed E-state index contributed by atoms with van der Waals surface area (Å²) in [6, 6.07) is 0. The Morgan fingerprint density at radius 2 is 1.35 bits per heavy atom. The summed E-state index contributed by atoms with van der Waals surface area (Å²) < 4.78 is 0. The average molecular weight is 284 g/mol. The second-order valence-corrected chi connectivity index (χ2v) is 4.98. The van der Waals surface area contributed by atoms with Crippen LogP contribution in [0.3, 0.4) is 0 Å². The lowest BCUT2D eigenvalue weighted by atomic mass is 10.1. The first-order valence-electron chi connectivity index (χ1n) is 7.71. The van der Waals surface area contributed by atoms with Crippen molar-refractivity contribution in [3.05, 3.63) is 12.7 Å². The number of unbranched alkanes of at least 4 members (excludes halogenated alkanes) is 8. The summed E-state index contributed by atoms with van der Waals surface area (Å²) in [6.07, 6.45) is 12.5. The summed E-state index contributed by atoms with van der Waals surface area (Å²) in [6.45, 7) is 5.60. The van der Waals surface area contributed by atoms with Crippen LogP contribution in [0.15, 0.2) is 12.7 Å². The van der Waals surface area contributed by atoms with Crippen LogP contribution >= 0.6 is 0 Å². The first kappa shape index (κ1) is 18.7. The quantitative estimate of drug-likeness (QED) is 0.229. The van der Waals surface area contributed by atoms with Crippen molar-refractivity contribution in [2.24, 2.45) is 0 Å². The molecule has 0 amide bonds. The highest BCUT2D eigenvalue weighted by Crippen LogP contribution is 2.10. The van der Waals surface area contributed by atoms with Crippen molar-refractivity contribution < 1.29 is 19.4 Å². The first-order valence-corrected chi connectivity index (χ1v) is 7.71. The molecule has 4 heteroatoms. The molecule has 0 saturated heterocycles. The molecular weight excluding hydrogens is 256 g/mol. The van der Waals surface area contributed by atoms with E-state index in [1.165, 1.54) is 44.6 Å². The van der Waals surface area contributed by atoms with Crippen molar-refractivity contribution in [1.29, 1.82) is 0 Å². The summed E-state index contributed by atoms with van der Waals surface area (Å²) >= 11 is 0. The van der Waals surface area contributed by atoms with Gasteiger partial charge in [-0.3, -0.25) is 0 Å². The van der Waals surface area contributed by atoms with Gasteiger partial charge in [-0.05, 0) is 6.42 Å². The van der Waals surface area contributed by atoms with Gasteiger partial charge < -0.3 is 0 Å². The van der Waals surface area contributed by atoms with E-state index in [9.17, 15) is 9.59 Å². The first-order chi connectivity index (χ1) is 9.70. The zero-order chi connectivity index (χ0) is 15.1. The molecule has 0 aliphatic carbocycles. The Morgan fingerprint density at radius 3 is 1.90 bits per heavy atom. The molecule has 4 nitrogen and oxygen atoms in total. The van der Waals surface area contributed by atoms with Gasteiger partial charge >= 0.3 is 11.9 Å². The zero-order valence-electron chi connectivity index (χ0n) is 12.7. The smallest absolute Gasteiger partial charge is 0.247 e. The van der Waals surface area contributed by atoms with Gasteiger partial charge in [0.2, 0.25) is 0 Å². The Morgan fingerprint density at radius 1 is 0.850 bits per heavy atom. The molecule has 0 spiro atoms. The minimum absolute atomic E-state index is 0.0469. The van der Waals surface area contributed by atoms with Gasteiger partial charge in [-0.2, -0.15) is 0 Å². The van der Waals surface area contributed by atoms with Crippen LogP contribution in [0.2, 0.25) is 0 Å². The van der Waals surface area contributed by atoms with Crippen molar-refractivity contribution in [2.45, 2.75) is 77.6 Å². The van der Waals surface area contributed by atoms with Crippen LogP contribution in [0, 0.1) is 0 Å². The fourth-order valence-corrected chi connectivity index (χ4v) is 1.87. The fourth-order valence-electron chi connectivity index (χ4n) is 1.87. The van der Waals surface area contributed by atoms with E-state index in [-0.39, 0.29) is 6.42 Å². The lowest BCUT2D eigenvalue weighted by Gasteiger charge is -2.03. The molecule has 20 heavy (non-hydrogen) atoms. The molecule has 0 aromatic rings. The second kappa shape index (κ2) is 14.1. The molecule has 116 valence electrons. The number of hydrogen-bond acceptors (Lipinski definition) is 4. The van der Waals surface area contributed by atoms with E-state index in [4.69, 9.17) is 0 Å². The molecule has 0 radical (unpaired) electrons. The molecular formula is C16H28O4. The van der Waals surface area contributed by atoms with Crippen LogP contribution in [0.1, 0.15) is 77.6 Å². The summed E-state index contributed by atoms with van der Waals surface area (Å²) in [5.41, 5.74) is 0. The maximum absolute atomic E-state index is 11.2. The van der Waals surface area contributed by atoms with E-state index in [1.807, 2.05) is 0 Å². The van der Waals surface area contributed by atoms with Crippen LogP contribution in [-0.2, 0) is 19.4 Å². The van der Waals surface area contributed by atoms with Gasteiger partial charge in [-0.15, -0.1) is 6.58 Å². The fraction of sp³-hybridized carbons (Fsp3) is 0.750. The van der Waals surface area contributed by atoms with E-state index in [2.05, 4.69) is 23.3 Å². The molecule has 0 heterocycles. The molecule has 0 aromatic heterocycles. The highest BCUT2D eigenvalue weighted by atomic mass is 17.2. The van der Waals surface area contributed by atoms with E-state index in [1.54, 1.807) is 0 Å². The van der Waals surface area contributed by atoms with Crippen molar-refractivity contribution in [2.75, 3.05) is 0 Å². The summed E-state index contributed by atoms with van der Waals surface area (Å²) in [5, 5.41) is 0. The molecule has 0 unspecified atom stereocenters. The van der Waals surface area contributed by atoms with Gasteiger partial charge in [-0.25, -0.2) is 19.4 Å². The maximum atomic E-state index is 11.2. The third-order valence-electron chi connectivity index (χ3n) is 3.02. The number of rotatable bonds is 12. The van der Waals surface area contributed by atoms with Crippen molar-refractivity contribution in [1.82, 2.24) is 0 Å². The molecule has 0 aromatic carbocycles. The standard InChI is InChI=1S/C16H28O4/c1-3-5-6-7-8-9-10-11-12-14-16(18)20-19-15(17)13-4-2/h4H,2-3,5-14H2,1H3. The Balaban J connectivity index is 3.27. The van der Waals surface area contributed by atoms with Crippen molar-refractivity contribution >= 4 is 11.9 Å². The second-order valence-electron chi connectivity index (χ2n) is 4.98. The molecule has 0 atom stereocenters. The molecule has 0 bridgehead atoms. The van der Waals surface area contributed by atoms with E-state index < -0.39 is 11.9 Å². The normalized spacial score (nSPS) is 10.1. The van der Waals surface area contributed by atoms with Gasteiger partial charge in [0.1, 0.15) is 0 Å². The van der Waals surface area contributed by atoms with E-state index >= 15 is 0 Å². The molecule has 0 aliphatic heterocycles. The maximum Gasteiger partial charge on any atom is 0.359 e. The largest absolute Gasteiger partial charge is 0.359 e. The van der Waals surface area contributed by atoms with Crippen LogP contribution < -0.4 is 0 Å². The molecule has 0 saturated carbocycles. The molecule has 0 N–H and O–H groups in total. The Labute approximate surface area is 122 Å². The SMILES string of the molecule is C=CCC(=O)OOC(=O)CCCCCCCCCCC. The Hall–Kier alpha value is -1.32. The van der Waals surface area contributed by atoms with Crippen LogP contribution in [0.25, 0.3) is 0 Å². The number of hydrogen-bond donors (Lipinski definition) is 0. The zero-order valence-corrected chi connectivity index (χ0v) is 12.7. The van der Waals surface area contributed by atoms with Crippen molar-refractivity contribution in [3.63, 3.8) is 0 Å². The summed E-state index contributed by atoms with van der Waals surface area (Å²) in [7, 11) is 0. The van der Waals surface area contributed by atoms with Crippen LogP contribution in [-0.4, -0.2) is 11.9 Å². The molecule has 0 fully saturated rings. The predicted molar refractivity (Wildman–Crippen MR) is 78.8 cm³/mol. The van der Waals surface area contributed by atoms with Crippen molar-refractivity contribution in [3.8, 4) is 0 Å². The predicted octanol–water partition coefficient (Wildman–Crippen LogP) is 4.48. The van der Waals surface area contributed by atoms with E-state index in [0.29, 0.717) is 6.42 Å². The third-order valence-corrected chi connectivity index (χ3v) is 3.02. The van der Waals surface area contributed by atoms with Gasteiger partial charge in [0.25, 0.3) is 0 Å². The number of carbonyl (C=O) groups excluding carboxylic acids is 2. The number of carbonyl (C=O) groups is 2. The molecule has 0 aliphatic rings. The monoisotopic (exact) mass is 284 g/mol. The third kappa shape index (κ3) is 13.1. The van der Waals surface area contributed by atoms with E-state index in [0.717, 1.165) is 19.3 Å². The minimum Gasteiger partial charge on any atom is -0.247 e. The van der Waals surface area contributed by atoms with Crippen LogP contribution in [0.4, 0.5) is 0 Å². The van der Waals surface area contributed by atoms with Gasteiger partial charge in [-0.1, -0.05) is 64.4 Å². The van der Waals surface area contributed by atoms with Gasteiger partial charge in [0.05, 0.1) is 12.8 Å². The van der Waals surface area contributed by atoms with Gasteiger partial charge in [0.15, 0.2) is 0 Å². The Bertz CT molecular complexity index is 274. The average Bonchev–Trinajstić information content (AvgIpc) is 2.43. The lowest BCUT2D eigenvalue weighted by molar-refractivity contribution is -0.258. The highest BCUT2D eigenvalue weighted by molar-refractivity contribution is 5.73. The van der Waals surface area contributed by atoms with Gasteiger partial charge in [0, 0.05) is 0 Å². The highest BCUT2D eigenvalue weighted by Gasteiger charge is 2.07. The minimum atomic E-state index is -0.597.